The van der Waals surface area contributed by atoms with Gasteiger partial charge in [-0.3, -0.25) is 0 Å². The molecule has 0 fully saturated rings. The molecule has 0 amide bonds. The van der Waals surface area contributed by atoms with Crippen molar-refractivity contribution in [1.29, 1.82) is 0 Å². The molecular formula is C19H28O. The first-order valence-electron chi connectivity index (χ1n) is 7.23. The average Bonchev–Trinajstić information content (AvgIpc) is 2.45. The molecular weight excluding hydrogens is 244 g/mol. The summed E-state index contributed by atoms with van der Waals surface area (Å²) in [7, 11) is 0. The van der Waals surface area contributed by atoms with Crippen LogP contribution in [0.25, 0.3) is 0 Å². The third kappa shape index (κ3) is 9.35. The van der Waals surface area contributed by atoms with Gasteiger partial charge in [-0.05, 0) is 39.7 Å². The van der Waals surface area contributed by atoms with Crippen LogP contribution in [0.15, 0.2) is 48.5 Å². The Labute approximate surface area is 124 Å². The van der Waals surface area contributed by atoms with E-state index in [1.807, 2.05) is 0 Å². The lowest BCUT2D eigenvalue weighted by Crippen LogP contribution is -1.77. The lowest BCUT2D eigenvalue weighted by atomic mass is 10.1. The van der Waals surface area contributed by atoms with Crippen LogP contribution in [0.5, 0.6) is 0 Å². The minimum Gasteiger partial charge on any atom is -0.397 e. The molecule has 0 aliphatic heterocycles. The SMILES string of the molecule is CCO.CCc1ccc(C)cc1.Cc1ccc(C)cc1. The predicted octanol–water partition coefficient (Wildman–Crippen LogP) is 4.86. The molecule has 0 saturated carbocycles. The quantitative estimate of drug-likeness (QED) is 0.786. The van der Waals surface area contributed by atoms with E-state index in [4.69, 9.17) is 5.11 Å². The fourth-order valence-corrected chi connectivity index (χ4v) is 1.46. The second kappa shape index (κ2) is 11.2. The molecule has 0 aliphatic rings. The van der Waals surface area contributed by atoms with Crippen LogP contribution >= 0.6 is 0 Å². The highest BCUT2D eigenvalue weighted by Crippen LogP contribution is 2.02. The first kappa shape index (κ1) is 18.4. The van der Waals surface area contributed by atoms with Crippen LogP contribution < -0.4 is 0 Å². The van der Waals surface area contributed by atoms with Crippen LogP contribution in [0.3, 0.4) is 0 Å². The molecule has 0 bridgehead atoms. The average molecular weight is 272 g/mol. The summed E-state index contributed by atoms with van der Waals surface area (Å²) in [6.07, 6.45) is 1.14. The highest BCUT2D eigenvalue weighted by molar-refractivity contribution is 5.21. The number of rotatable bonds is 1. The molecule has 0 aliphatic carbocycles. The largest absolute Gasteiger partial charge is 0.397 e. The van der Waals surface area contributed by atoms with Gasteiger partial charge in [-0.15, -0.1) is 0 Å². The maximum Gasteiger partial charge on any atom is 0.0402 e. The van der Waals surface area contributed by atoms with Gasteiger partial charge in [-0.25, -0.2) is 0 Å². The number of hydrogen-bond donors (Lipinski definition) is 1. The molecule has 0 heterocycles. The van der Waals surface area contributed by atoms with E-state index in [1.54, 1.807) is 6.92 Å². The topological polar surface area (TPSA) is 20.2 Å². The van der Waals surface area contributed by atoms with Gasteiger partial charge in [0.2, 0.25) is 0 Å². The summed E-state index contributed by atoms with van der Waals surface area (Å²) < 4.78 is 0. The molecule has 0 radical (unpaired) electrons. The van der Waals surface area contributed by atoms with Gasteiger partial charge >= 0.3 is 0 Å². The summed E-state index contributed by atoms with van der Waals surface area (Å²) in [5, 5.41) is 7.57. The Morgan fingerprint density at radius 3 is 1.15 bits per heavy atom. The monoisotopic (exact) mass is 272 g/mol. The van der Waals surface area contributed by atoms with Crippen LogP contribution in [0, 0.1) is 20.8 Å². The zero-order valence-electron chi connectivity index (χ0n) is 13.5. The maximum atomic E-state index is 7.57. The maximum absolute atomic E-state index is 7.57. The minimum atomic E-state index is 0.250. The third-order valence-corrected chi connectivity index (χ3v) is 2.75. The second-order valence-corrected chi connectivity index (χ2v) is 4.81. The van der Waals surface area contributed by atoms with Gasteiger partial charge in [-0.2, -0.15) is 0 Å². The summed E-state index contributed by atoms with van der Waals surface area (Å²) >= 11 is 0. The van der Waals surface area contributed by atoms with E-state index in [0.29, 0.717) is 0 Å². The van der Waals surface area contributed by atoms with Gasteiger partial charge in [0.1, 0.15) is 0 Å². The number of aliphatic hydroxyl groups excluding tert-OH is 1. The van der Waals surface area contributed by atoms with Crippen molar-refractivity contribution < 1.29 is 5.11 Å². The van der Waals surface area contributed by atoms with Crippen molar-refractivity contribution in [3.8, 4) is 0 Å². The minimum absolute atomic E-state index is 0.250. The summed E-state index contributed by atoms with van der Waals surface area (Å²) in [6.45, 7) is 10.4. The molecule has 2 aromatic carbocycles. The van der Waals surface area contributed by atoms with Gasteiger partial charge in [0, 0.05) is 6.61 Å². The molecule has 2 rings (SSSR count). The molecule has 2 aromatic rings. The molecule has 0 unspecified atom stereocenters. The van der Waals surface area contributed by atoms with E-state index in [2.05, 4.69) is 76.2 Å². The van der Waals surface area contributed by atoms with Crippen LogP contribution in [0.1, 0.15) is 36.1 Å². The van der Waals surface area contributed by atoms with Gasteiger partial charge in [0.05, 0.1) is 0 Å². The first-order valence-corrected chi connectivity index (χ1v) is 7.23. The summed E-state index contributed by atoms with van der Waals surface area (Å²) in [5.41, 5.74) is 5.42. The zero-order chi connectivity index (χ0) is 15.4. The summed E-state index contributed by atoms with van der Waals surface area (Å²) in [4.78, 5) is 0. The van der Waals surface area contributed by atoms with Gasteiger partial charge in [0.25, 0.3) is 0 Å². The highest BCUT2D eigenvalue weighted by atomic mass is 16.2. The fourth-order valence-electron chi connectivity index (χ4n) is 1.46. The van der Waals surface area contributed by atoms with Crippen molar-refractivity contribution in [2.75, 3.05) is 6.61 Å². The van der Waals surface area contributed by atoms with Crippen molar-refractivity contribution in [1.82, 2.24) is 0 Å². The third-order valence-electron chi connectivity index (χ3n) is 2.75. The lowest BCUT2D eigenvalue weighted by molar-refractivity contribution is 0.318. The van der Waals surface area contributed by atoms with Crippen molar-refractivity contribution in [2.45, 2.75) is 41.0 Å². The molecule has 0 atom stereocenters. The second-order valence-electron chi connectivity index (χ2n) is 4.81. The van der Waals surface area contributed by atoms with Crippen molar-refractivity contribution in [3.63, 3.8) is 0 Å². The summed E-state index contributed by atoms with van der Waals surface area (Å²) in [6, 6.07) is 17.1. The lowest BCUT2D eigenvalue weighted by Gasteiger charge is -1.94. The number of aliphatic hydroxyl groups is 1. The van der Waals surface area contributed by atoms with E-state index in [1.165, 1.54) is 22.3 Å². The Morgan fingerprint density at radius 1 is 0.650 bits per heavy atom. The van der Waals surface area contributed by atoms with Crippen molar-refractivity contribution in [3.05, 3.63) is 70.8 Å². The Balaban J connectivity index is 0.000000304. The Bertz CT molecular complexity index is 419. The van der Waals surface area contributed by atoms with Crippen LogP contribution in [-0.2, 0) is 6.42 Å². The molecule has 0 aromatic heterocycles. The standard InChI is InChI=1S/C9H12.C8H10.C2H6O/c1-3-9-6-4-8(2)5-7-9;1-7-3-5-8(2)6-4-7;1-2-3/h4-7H,3H2,1-2H3;3-6H,1-2H3;3H,2H2,1H3. The number of hydrogen-bond acceptors (Lipinski definition) is 1. The Hall–Kier alpha value is -1.60. The smallest absolute Gasteiger partial charge is 0.0402 e. The highest BCUT2D eigenvalue weighted by Gasteiger charge is 1.84. The zero-order valence-corrected chi connectivity index (χ0v) is 13.5. The predicted molar refractivity (Wildman–Crippen MR) is 89.2 cm³/mol. The fraction of sp³-hybridized carbons (Fsp3) is 0.368. The summed E-state index contributed by atoms with van der Waals surface area (Å²) in [5.74, 6) is 0. The first-order chi connectivity index (χ1) is 9.53. The van der Waals surface area contributed by atoms with Gasteiger partial charge in [-0.1, -0.05) is 72.1 Å². The molecule has 0 saturated heterocycles. The van der Waals surface area contributed by atoms with Crippen LogP contribution in [-0.4, -0.2) is 11.7 Å². The van der Waals surface area contributed by atoms with Gasteiger partial charge in [0.15, 0.2) is 0 Å². The van der Waals surface area contributed by atoms with Crippen molar-refractivity contribution >= 4 is 0 Å². The van der Waals surface area contributed by atoms with Crippen molar-refractivity contribution in [2.24, 2.45) is 0 Å². The van der Waals surface area contributed by atoms with E-state index in [9.17, 15) is 0 Å². The number of aryl methyl sites for hydroxylation is 4. The molecule has 0 spiro atoms. The van der Waals surface area contributed by atoms with Crippen LogP contribution in [0.4, 0.5) is 0 Å². The Morgan fingerprint density at radius 2 is 0.900 bits per heavy atom. The van der Waals surface area contributed by atoms with Gasteiger partial charge < -0.3 is 5.11 Å². The molecule has 20 heavy (non-hydrogen) atoms. The molecule has 110 valence electrons. The molecule has 1 nitrogen and oxygen atoms in total. The van der Waals surface area contributed by atoms with E-state index < -0.39 is 0 Å². The Kier molecular flexibility index (Phi) is 10.3. The van der Waals surface area contributed by atoms with Crippen LogP contribution in [0.2, 0.25) is 0 Å². The van der Waals surface area contributed by atoms with E-state index in [-0.39, 0.29) is 6.61 Å². The molecule has 1 N–H and O–H groups in total. The molecule has 1 heteroatoms. The van der Waals surface area contributed by atoms with E-state index in [0.717, 1.165) is 6.42 Å². The van der Waals surface area contributed by atoms with E-state index >= 15 is 0 Å². The normalized spacial score (nSPS) is 8.90. The number of benzene rings is 2.